The van der Waals surface area contributed by atoms with Gasteiger partial charge in [0.05, 0.1) is 11.7 Å². The van der Waals surface area contributed by atoms with Gasteiger partial charge in [-0.15, -0.1) is 0 Å². The lowest BCUT2D eigenvalue weighted by molar-refractivity contribution is 0.0935. The molecule has 1 aromatic heterocycles. The number of aromatic nitrogens is 1. The molecule has 0 saturated carbocycles. The van der Waals surface area contributed by atoms with Crippen molar-refractivity contribution >= 4 is 17.7 Å². The molecular formula is C18H22N2O2S. The van der Waals surface area contributed by atoms with Gasteiger partial charge in [0, 0.05) is 17.6 Å². The molecule has 0 saturated heterocycles. The highest BCUT2D eigenvalue weighted by Crippen LogP contribution is 2.28. The highest BCUT2D eigenvalue weighted by molar-refractivity contribution is 7.99. The minimum absolute atomic E-state index is 0.131. The summed E-state index contributed by atoms with van der Waals surface area (Å²) >= 11 is 1.48. The molecule has 122 valence electrons. The molecule has 0 bridgehead atoms. The topological polar surface area (TPSA) is 62.2 Å². The Kier molecular flexibility index (Phi) is 6.62. The fourth-order valence-corrected chi connectivity index (χ4v) is 3.17. The molecule has 2 rings (SSSR count). The molecule has 1 aromatic carbocycles. The predicted octanol–water partition coefficient (Wildman–Crippen LogP) is 3.37. The fourth-order valence-electron chi connectivity index (χ4n) is 2.27. The first-order chi connectivity index (χ1) is 11.1. The quantitative estimate of drug-likeness (QED) is 0.817. The summed E-state index contributed by atoms with van der Waals surface area (Å²) in [5, 5.41) is 13.0. The molecule has 2 atom stereocenters. The minimum Gasteiger partial charge on any atom is -0.393 e. The van der Waals surface area contributed by atoms with Gasteiger partial charge < -0.3 is 10.4 Å². The van der Waals surface area contributed by atoms with E-state index >= 15 is 0 Å². The van der Waals surface area contributed by atoms with Gasteiger partial charge in [-0.05, 0) is 43.5 Å². The molecule has 0 fully saturated rings. The van der Waals surface area contributed by atoms with Crippen LogP contribution in [0.4, 0.5) is 0 Å². The smallest absolute Gasteiger partial charge is 0.254 e. The molecule has 2 unspecified atom stereocenters. The number of benzene rings is 1. The van der Waals surface area contributed by atoms with E-state index in [-0.39, 0.29) is 17.9 Å². The van der Waals surface area contributed by atoms with Crippen LogP contribution >= 0.6 is 11.8 Å². The third-order valence-electron chi connectivity index (χ3n) is 3.33. The van der Waals surface area contributed by atoms with Gasteiger partial charge in [-0.3, -0.25) is 4.79 Å². The molecule has 1 heterocycles. The van der Waals surface area contributed by atoms with Crippen molar-refractivity contribution in [1.82, 2.24) is 10.3 Å². The van der Waals surface area contributed by atoms with Crippen LogP contribution in [0.2, 0.25) is 0 Å². The van der Waals surface area contributed by atoms with Crippen LogP contribution in [-0.4, -0.2) is 28.6 Å². The Bertz CT molecular complexity index is 632. The Morgan fingerprint density at radius 3 is 2.65 bits per heavy atom. The van der Waals surface area contributed by atoms with Gasteiger partial charge in [-0.1, -0.05) is 36.9 Å². The van der Waals surface area contributed by atoms with E-state index in [4.69, 9.17) is 0 Å². The zero-order chi connectivity index (χ0) is 16.7. The Morgan fingerprint density at radius 1 is 1.22 bits per heavy atom. The number of hydrogen-bond donors (Lipinski definition) is 2. The lowest BCUT2D eigenvalue weighted by Gasteiger charge is -2.15. The summed E-state index contributed by atoms with van der Waals surface area (Å²) in [5.74, 6) is 0.0924. The Balaban J connectivity index is 2.03. The molecule has 23 heavy (non-hydrogen) atoms. The monoisotopic (exact) mass is 330 g/mol. The Hall–Kier alpha value is -1.85. The number of amides is 1. The molecular weight excluding hydrogens is 308 g/mol. The summed E-state index contributed by atoms with van der Waals surface area (Å²) in [6.45, 7) is 4.30. The van der Waals surface area contributed by atoms with Crippen molar-refractivity contribution in [2.75, 3.05) is 6.54 Å². The van der Waals surface area contributed by atoms with Crippen molar-refractivity contribution in [2.24, 2.45) is 5.92 Å². The first kappa shape index (κ1) is 17.5. The van der Waals surface area contributed by atoms with Gasteiger partial charge in [-0.25, -0.2) is 4.98 Å². The number of aliphatic hydroxyl groups is 1. The number of rotatable bonds is 7. The van der Waals surface area contributed by atoms with Crippen LogP contribution in [0.25, 0.3) is 0 Å². The maximum atomic E-state index is 12.4. The normalized spacial score (nSPS) is 13.3. The lowest BCUT2D eigenvalue weighted by Crippen LogP contribution is -2.30. The minimum atomic E-state index is -0.357. The summed E-state index contributed by atoms with van der Waals surface area (Å²) < 4.78 is 0. The fraction of sp³-hybridized carbons (Fsp3) is 0.333. The van der Waals surface area contributed by atoms with Crippen LogP contribution in [0, 0.1) is 5.92 Å². The van der Waals surface area contributed by atoms with Gasteiger partial charge in [0.25, 0.3) is 5.91 Å². The van der Waals surface area contributed by atoms with Gasteiger partial charge in [0.1, 0.15) is 5.03 Å². The van der Waals surface area contributed by atoms with Crippen molar-refractivity contribution in [2.45, 2.75) is 36.3 Å². The van der Waals surface area contributed by atoms with Crippen molar-refractivity contribution < 1.29 is 9.90 Å². The van der Waals surface area contributed by atoms with Crippen LogP contribution in [-0.2, 0) is 0 Å². The summed E-state index contributed by atoms with van der Waals surface area (Å²) in [5.41, 5.74) is 0.575. The third-order valence-corrected chi connectivity index (χ3v) is 4.35. The van der Waals surface area contributed by atoms with Crippen molar-refractivity contribution in [3.8, 4) is 0 Å². The lowest BCUT2D eigenvalue weighted by atomic mass is 10.0. The first-order valence-electron chi connectivity index (χ1n) is 7.70. The Labute approximate surface area is 141 Å². The van der Waals surface area contributed by atoms with Crippen molar-refractivity contribution in [3.05, 3.63) is 54.2 Å². The summed E-state index contributed by atoms with van der Waals surface area (Å²) in [6, 6.07) is 13.4. The molecule has 0 aliphatic carbocycles. The Morgan fingerprint density at radius 2 is 1.96 bits per heavy atom. The van der Waals surface area contributed by atoms with E-state index in [9.17, 15) is 9.90 Å². The standard InChI is InChI=1S/C18H22N2O2S/c1-13(11-14(2)21)12-20-17(22)16-9-6-10-19-18(16)23-15-7-4-3-5-8-15/h3-10,13-14,21H,11-12H2,1-2H3,(H,20,22). The molecule has 5 heteroatoms. The van der Waals surface area contributed by atoms with Gasteiger partial charge >= 0.3 is 0 Å². The molecule has 1 amide bonds. The second kappa shape index (κ2) is 8.70. The van der Waals surface area contributed by atoms with Crippen molar-refractivity contribution in [1.29, 1.82) is 0 Å². The largest absolute Gasteiger partial charge is 0.393 e. The summed E-state index contributed by atoms with van der Waals surface area (Å²) in [7, 11) is 0. The van der Waals surface area contributed by atoms with Crippen LogP contribution in [0.1, 0.15) is 30.6 Å². The van der Waals surface area contributed by atoms with Crippen LogP contribution in [0.3, 0.4) is 0 Å². The second-order valence-corrected chi connectivity index (χ2v) is 6.73. The highest BCUT2D eigenvalue weighted by atomic mass is 32.2. The summed E-state index contributed by atoms with van der Waals surface area (Å²) in [6.07, 6.45) is 2.00. The van der Waals surface area contributed by atoms with E-state index in [1.165, 1.54) is 11.8 Å². The third kappa shape index (κ3) is 5.69. The average Bonchev–Trinajstić information content (AvgIpc) is 2.53. The molecule has 0 spiro atoms. The molecule has 0 radical (unpaired) electrons. The number of carbonyl (C=O) groups excluding carboxylic acids is 1. The SMILES string of the molecule is CC(O)CC(C)CNC(=O)c1cccnc1Sc1ccccc1. The maximum absolute atomic E-state index is 12.4. The number of hydrogen-bond acceptors (Lipinski definition) is 4. The van der Waals surface area contributed by atoms with Gasteiger partial charge in [0.15, 0.2) is 0 Å². The van der Waals surface area contributed by atoms with Crippen LogP contribution in [0.5, 0.6) is 0 Å². The van der Waals surface area contributed by atoms with E-state index in [2.05, 4.69) is 10.3 Å². The van der Waals surface area contributed by atoms with E-state index in [0.29, 0.717) is 23.6 Å². The molecule has 0 aliphatic heterocycles. The second-order valence-electron chi connectivity index (χ2n) is 5.67. The number of carbonyl (C=O) groups is 1. The van der Waals surface area contributed by atoms with E-state index < -0.39 is 0 Å². The summed E-state index contributed by atoms with van der Waals surface area (Å²) in [4.78, 5) is 17.8. The van der Waals surface area contributed by atoms with Gasteiger partial charge in [-0.2, -0.15) is 0 Å². The number of aliphatic hydroxyl groups excluding tert-OH is 1. The highest BCUT2D eigenvalue weighted by Gasteiger charge is 2.14. The first-order valence-corrected chi connectivity index (χ1v) is 8.52. The average molecular weight is 330 g/mol. The van der Waals surface area contributed by atoms with Gasteiger partial charge in [0.2, 0.25) is 0 Å². The van der Waals surface area contributed by atoms with Crippen LogP contribution in [0.15, 0.2) is 58.6 Å². The zero-order valence-electron chi connectivity index (χ0n) is 13.4. The number of nitrogens with zero attached hydrogens (tertiary/aromatic N) is 1. The van der Waals surface area contributed by atoms with Crippen molar-refractivity contribution in [3.63, 3.8) is 0 Å². The number of pyridine rings is 1. The maximum Gasteiger partial charge on any atom is 0.254 e. The van der Waals surface area contributed by atoms with E-state index in [1.54, 1.807) is 25.3 Å². The molecule has 2 N–H and O–H groups in total. The molecule has 4 nitrogen and oxygen atoms in total. The predicted molar refractivity (Wildman–Crippen MR) is 92.6 cm³/mol. The van der Waals surface area contributed by atoms with E-state index in [0.717, 1.165) is 4.90 Å². The number of nitrogens with one attached hydrogen (secondary N) is 1. The molecule has 0 aliphatic rings. The van der Waals surface area contributed by atoms with Crippen LogP contribution < -0.4 is 5.32 Å². The molecule has 2 aromatic rings. The van der Waals surface area contributed by atoms with E-state index in [1.807, 2.05) is 37.3 Å². The zero-order valence-corrected chi connectivity index (χ0v) is 14.2.